The molecule has 3 saturated heterocycles. The molecule has 2 N–H and O–H groups in total. The average molecular weight is 1020 g/mol. The van der Waals surface area contributed by atoms with Gasteiger partial charge in [0, 0.05) is 92.3 Å². The summed E-state index contributed by atoms with van der Waals surface area (Å²) in [5.41, 5.74) is 16.7. The summed E-state index contributed by atoms with van der Waals surface area (Å²) >= 11 is 1.65. The zero-order valence-electron chi connectivity index (χ0n) is 44.3. The SMILES string of the molecule is C=Cc1cc(F)c(N2CCN(CC3CCN(CCCCc4cccc(-c5ccc(N6CCc7cccc(C(=C)Nc8nc9ccccc9s8)c7C6)nc5C=C)c4C)CC3)CC2)cc1C(=C)N(C)C1CCC(=C)NC1=C. The molecule has 0 amide bonds. The number of aromatic nitrogens is 2. The van der Waals surface area contributed by atoms with Crippen LogP contribution in [0.1, 0.15) is 83.2 Å². The number of piperazine rings is 1. The Hall–Kier alpha value is -6.79. The van der Waals surface area contributed by atoms with Gasteiger partial charge < -0.3 is 30.2 Å². The van der Waals surface area contributed by atoms with Crippen LogP contribution in [-0.4, -0.2) is 96.7 Å². The predicted molar refractivity (Wildman–Crippen MR) is 316 cm³/mol. The number of aryl methyl sites for hydroxylation is 1. The Balaban J connectivity index is 0.681. The third-order valence-corrected chi connectivity index (χ3v) is 17.4. The fourth-order valence-corrected chi connectivity index (χ4v) is 12.8. The summed E-state index contributed by atoms with van der Waals surface area (Å²) in [6, 6.07) is 29.6. The Morgan fingerprint density at radius 2 is 1.61 bits per heavy atom. The van der Waals surface area contributed by atoms with E-state index in [1.807, 2.05) is 31.3 Å². The fourth-order valence-electron chi connectivity index (χ4n) is 11.9. The Kier molecular flexibility index (Phi) is 15.8. The van der Waals surface area contributed by atoms with Crippen LogP contribution in [0.2, 0.25) is 0 Å². The van der Waals surface area contributed by atoms with Gasteiger partial charge in [-0.25, -0.2) is 14.4 Å². The number of nitrogens with zero attached hydrogens (tertiary/aromatic N) is 7. The normalized spacial score (nSPS) is 17.7. The van der Waals surface area contributed by atoms with E-state index in [4.69, 9.17) is 9.97 Å². The van der Waals surface area contributed by atoms with Gasteiger partial charge in [0.05, 0.1) is 27.6 Å². The number of rotatable bonds is 18. The number of benzene rings is 4. The summed E-state index contributed by atoms with van der Waals surface area (Å²) < 4.78 is 16.9. The van der Waals surface area contributed by atoms with Crippen molar-refractivity contribution in [2.45, 2.75) is 70.9 Å². The van der Waals surface area contributed by atoms with E-state index in [9.17, 15) is 0 Å². The predicted octanol–water partition coefficient (Wildman–Crippen LogP) is 13.3. The number of allylic oxidation sites excluding steroid dienone is 1. The van der Waals surface area contributed by atoms with Gasteiger partial charge in [0.15, 0.2) is 5.13 Å². The van der Waals surface area contributed by atoms with Gasteiger partial charge in [-0.15, -0.1) is 0 Å². The minimum absolute atomic E-state index is 0.0831. The summed E-state index contributed by atoms with van der Waals surface area (Å²) in [6.45, 7) is 37.5. The molecule has 75 heavy (non-hydrogen) atoms. The van der Waals surface area contributed by atoms with E-state index in [0.29, 0.717) is 11.6 Å². The first-order chi connectivity index (χ1) is 36.4. The largest absolute Gasteiger partial charge is 0.367 e. The van der Waals surface area contributed by atoms with Crippen molar-refractivity contribution in [3.05, 3.63) is 186 Å². The minimum atomic E-state index is -0.205. The van der Waals surface area contributed by atoms with Crippen molar-refractivity contribution < 1.29 is 4.39 Å². The number of para-hydroxylation sites is 1. The molecule has 6 heterocycles. The quantitative estimate of drug-likeness (QED) is 0.0820. The maximum absolute atomic E-state index is 15.7. The summed E-state index contributed by atoms with van der Waals surface area (Å²) in [7, 11) is 2.04. The van der Waals surface area contributed by atoms with Crippen LogP contribution >= 0.6 is 11.3 Å². The standard InChI is InChI=1S/C64H74FN9S/c1-9-49-39-57(65)61(40-55(49)47(7)70(8)60-26-24-43(3)66-46(60)6)73-37-35-72(36-38-73)41-48-28-32-71(33-29-48)31-14-13-17-50-18-15-20-52(44(50)4)54-25-27-63(68-58(54)10-2)74-34-30-51-19-16-21-53(56(51)42-74)45(5)67-64-69-59-22-11-12-23-62(59)75-64/h9-12,15-16,18-23,25,27,39-40,48,60,66H,1-3,5-7,13-14,17,24,26,28-38,41-42H2,4,8H3,(H,67,69). The number of unbranched alkanes of at least 4 members (excludes halogenated alkanes) is 1. The van der Waals surface area contributed by atoms with Gasteiger partial charge in [0.2, 0.25) is 0 Å². The summed E-state index contributed by atoms with van der Waals surface area (Å²) in [5, 5.41) is 7.69. The van der Waals surface area contributed by atoms with E-state index >= 15 is 4.39 Å². The zero-order chi connectivity index (χ0) is 52.2. The van der Waals surface area contributed by atoms with Crippen molar-refractivity contribution in [3.63, 3.8) is 0 Å². The van der Waals surface area contributed by atoms with E-state index in [2.05, 4.69) is 142 Å². The van der Waals surface area contributed by atoms with Gasteiger partial charge in [-0.3, -0.25) is 4.90 Å². The van der Waals surface area contributed by atoms with Crippen LogP contribution < -0.4 is 20.4 Å². The molecule has 4 aliphatic rings. The Morgan fingerprint density at radius 3 is 2.39 bits per heavy atom. The number of thiazole rings is 1. The number of hydrogen-bond acceptors (Lipinski definition) is 10. The molecule has 4 aliphatic heterocycles. The highest BCUT2D eigenvalue weighted by Gasteiger charge is 2.29. The van der Waals surface area contributed by atoms with Crippen LogP contribution in [0, 0.1) is 18.7 Å². The maximum atomic E-state index is 15.7. The number of hydrogen-bond donors (Lipinski definition) is 2. The summed E-state index contributed by atoms with van der Waals surface area (Å²) in [5.74, 6) is 1.46. The maximum Gasteiger partial charge on any atom is 0.188 e. The van der Waals surface area contributed by atoms with Crippen molar-refractivity contribution >= 4 is 61.7 Å². The summed E-state index contributed by atoms with van der Waals surface area (Å²) in [4.78, 5) is 22.1. The van der Waals surface area contributed by atoms with Crippen molar-refractivity contribution in [1.82, 2.24) is 30.0 Å². The molecular formula is C64H74FN9S. The molecule has 0 saturated carbocycles. The number of fused-ring (bicyclic) bond motifs is 2. The Morgan fingerprint density at radius 1 is 0.813 bits per heavy atom. The minimum Gasteiger partial charge on any atom is -0.367 e. The van der Waals surface area contributed by atoms with Crippen molar-refractivity contribution in [2.75, 3.05) is 81.1 Å². The highest BCUT2D eigenvalue weighted by molar-refractivity contribution is 7.22. The monoisotopic (exact) mass is 1020 g/mol. The van der Waals surface area contributed by atoms with Crippen molar-refractivity contribution in [3.8, 4) is 11.1 Å². The van der Waals surface area contributed by atoms with Gasteiger partial charge >= 0.3 is 0 Å². The molecule has 0 aliphatic carbocycles. The van der Waals surface area contributed by atoms with Gasteiger partial charge in [-0.2, -0.15) is 0 Å². The molecule has 3 fully saturated rings. The molecule has 10 rings (SSSR count). The van der Waals surface area contributed by atoms with Gasteiger partial charge in [0.25, 0.3) is 0 Å². The van der Waals surface area contributed by atoms with Gasteiger partial charge in [-0.05, 0) is 160 Å². The third kappa shape index (κ3) is 11.4. The number of piperidine rings is 2. The van der Waals surface area contributed by atoms with Crippen LogP contribution in [0.3, 0.4) is 0 Å². The second-order valence-electron chi connectivity index (χ2n) is 21.1. The van der Waals surface area contributed by atoms with Crippen LogP contribution in [0.4, 0.5) is 21.0 Å². The second-order valence-corrected chi connectivity index (χ2v) is 22.1. The molecule has 11 heteroatoms. The Bertz CT molecular complexity index is 3100. The number of likely N-dealkylation sites (tertiary alicyclic amines) is 1. The third-order valence-electron chi connectivity index (χ3n) is 16.4. The molecule has 0 bridgehead atoms. The van der Waals surface area contributed by atoms with Crippen molar-refractivity contribution in [1.29, 1.82) is 0 Å². The summed E-state index contributed by atoms with van der Waals surface area (Å²) in [6.07, 6.45) is 12.2. The van der Waals surface area contributed by atoms with E-state index in [0.717, 1.165) is 169 Å². The number of halogens is 1. The van der Waals surface area contributed by atoms with Gasteiger partial charge in [0.1, 0.15) is 11.6 Å². The first-order valence-corrected chi connectivity index (χ1v) is 27.9. The van der Waals surface area contributed by atoms with Crippen LogP contribution in [0.25, 0.3) is 44.9 Å². The molecule has 0 spiro atoms. The van der Waals surface area contributed by atoms with Gasteiger partial charge in [-0.1, -0.05) is 105 Å². The molecule has 0 radical (unpaired) electrons. The topological polar surface area (TPSA) is 66.0 Å². The van der Waals surface area contributed by atoms with Crippen LogP contribution in [0.15, 0.2) is 136 Å². The van der Waals surface area contributed by atoms with Crippen LogP contribution in [-0.2, 0) is 19.4 Å². The van der Waals surface area contributed by atoms with E-state index in [1.54, 1.807) is 23.5 Å². The van der Waals surface area contributed by atoms with Crippen molar-refractivity contribution in [2.24, 2.45) is 5.92 Å². The molecular weight excluding hydrogens is 946 g/mol. The first-order valence-electron chi connectivity index (χ1n) is 27.1. The molecule has 6 aromatic rings. The number of pyridine rings is 1. The highest BCUT2D eigenvalue weighted by atomic mass is 32.1. The molecule has 388 valence electrons. The van der Waals surface area contributed by atoms with E-state index in [-0.39, 0.29) is 11.9 Å². The molecule has 1 atom stereocenters. The average Bonchev–Trinajstić information content (AvgIpc) is 3.84. The number of likely N-dealkylation sites (N-methyl/N-ethyl adjacent to an activating group) is 1. The van der Waals surface area contributed by atoms with E-state index in [1.165, 1.54) is 47.1 Å². The van der Waals surface area contributed by atoms with E-state index < -0.39 is 0 Å². The lowest BCUT2D eigenvalue weighted by atomic mass is 9.92. The number of nitrogens with one attached hydrogen (secondary N) is 2. The molecule has 9 nitrogen and oxygen atoms in total. The second kappa shape index (κ2) is 23.0. The fraction of sp³-hybridized carbons (Fsp3) is 0.344. The first kappa shape index (κ1) is 51.7. The molecule has 4 aromatic carbocycles. The smallest absolute Gasteiger partial charge is 0.188 e. The molecule has 2 aromatic heterocycles. The van der Waals surface area contributed by atoms with Crippen LogP contribution in [0.5, 0.6) is 0 Å². The lowest BCUT2D eigenvalue weighted by Crippen LogP contribution is -2.49. The molecule has 1 unspecified atom stereocenters. The lowest BCUT2D eigenvalue weighted by molar-refractivity contribution is 0.138. The number of anilines is 3. The highest BCUT2D eigenvalue weighted by Crippen LogP contribution is 2.37. The zero-order valence-corrected chi connectivity index (χ0v) is 45.1. The Labute approximate surface area is 449 Å². The lowest BCUT2D eigenvalue weighted by Gasteiger charge is -2.40.